The number of benzene rings is 1. The van der Waals surface area contributed by atoms with E-state index in [2.05, 4.69) is 15.6 Å². The molecule has 1 aromatic carbocycles. The molecule has 21 heavy (non-hydrogen) atoms. The van der Waals surface area contributed by atoms with E-state index in [0.717, 1.165) is 24.3 Å². The molecule has 4 N–H and O–H groups in total. The maximum absolute atomic E-state index is 11.3. The molecule has 0 aliphatic carbocycles. The molecule has 2 rings (SSSR count). The molecule has 6 nitrogen and oxygen atoms in total. The van der Waals surface area contributed by atoms with Gasteiger partial charge in [-0.2, -0.15) is 0 Å². The fourth-order valence-corrected chi connectivity index (χ4v) is 2.09. The molecule has 1 heterocycles. The van der Waals surface area contributed by atoms with Crippen LogP contribution >= 0.6 is 24.0 Å². The Morgan fingerprint density at radius 3 is 2.81 bits per heavy atom. The van der Waals surface area contributed by atoms with Crippen molar-refractivity contribution in [2.24, 2.45) is 10.7 Å². The molecule has 1 unspecified atom stereocenters. The lowest BCUT2D eigenvalue weighted by atomic mass is 10.0. The molecule has 116 valence electrons. The maximum atomic E-state index is 11.3. The van der Waals surface area contributed by atoms with Crippen LogP contribution in [0.1, 0.15) is 19.3 Å². The Kier molecular flexibility index (Phi) is 7.27. The molecule has 0 aromatic heterocycles. The van der Waals surface area contributed by atoms with Crippen LogP contribution in [-0.2, 0) is 4.79 Å². The molecule has 0 radical (unpaired) electrons. The molecule has 0 saturated carbocycles. The largest absolute Gasteiger partial charge is 0.497 e. The third kappa shape index (κ3) is 5.78. The van der Waals surface area contributed by atoms with E-state index >= 15 is 0 Å². The number of hydrogen-bond donors (Lipinski definition) is 3. The summed E-state index contributed by atoms with van der Waals surface area (Å²) in [6.45, 7) is 0.501. The number of anilines is 1. The fourth-order valence-electron chi connectivity index (χ4n) is 2.09. The van der Waals surface area contributed by atoms with Crippen molar-refractivity contribution in [1.82, 2.24) is 5.32 Å². The molecule has 1 saturated heterocycles. The zero-order chi connectivity index (χ0) is 14.4. The van der Waals surface area contributed by atoms with Crippen LogP contribution in [0.15, 0.2) is 29.3 Å². The minimum Gasteiger partial charge on any atom is -0.497 e. The topological polar surface area (TPSA) is 88.7 Å². The second-order valence-electron chi connectivity index (χ2n) is 4.74. The number of nitrogens with two attached hydrogens (primary N) is 1. The van der Waals surface area contributed by atoms with E-state index in [1.165, 1.54) is 0 Å². The van der Waals surface area contributed by atoms with Gasteiger partial charge in [0.1, 0.15) is 5.75 Å². The molecule has 1 aliphatic heterocycles. The van der Waals surface area contributed by atoms with Gasteiger partial charge in [-0.15, -0.1) is 24.0 Å². The first-order chi connectivity index (χ1) is 9.67. The molecule has 7 heteroatoms. The van der Waals surface area contributed by atoms with E-state index in [-0.39, 0.29) is 35.9 Å². The van der Waals surface area contributed by atoms with Gasteiger partial charge in [-0.05, 0) is 37.1 Å². The highest BCUT2D eigenvalue weighted by atomic mass is 127. The highest BCUT2D eigenvalue weighted by Gasteiger charge is 2.17. The van der Waals surface area contributed by atoms with E-state index in [1.807, 2.05) is 24.3 Å². The minimum atomic E-state index is 0. The number of halogens is 1. The van der Waals surface area contributed by atoms with Crippen LogP contribution in [0.2, 0.25) is 0 Å². The lowest BCUT2D eigenvalue weighted by Gasteiger charge is -2.21. The standard InChI is InChI=1S/C14H20N4O2.HI/c1-20-12-7-5-10(6-8-12)18-14(15)16-9-11-3-2-4-13(19)17-11;/h5-8,11H,2-4,9H2,1H3,(H,17,19)(H3,15,16,18);1H. The average Bonchev–Trinajstić information content (AvgIpc) is 2.46. The van der Waals surface area contributed by atoms with E-state index in [4.69, 9.17) is 10.5 Å². The number of nitrogens with zero attached hydrogens (tertiary/aromatic N) is 1. The van der Waals surface area contributed by atoms with Gasteiger partial charge < -0.3 is 21.1 Å². The smallest absolute Gasteiger partial charge is 0.220 e. The van der Waals surface area contributed by atoms with Gasteiger partial charge in [-0.25, -0.2) is 0 Å². The van der Waals surface area contributed by atoms with Crippen molar-refractivity contribution < 1.29 is 9.53 Å². The van der Waals surface area contributed by atoms with Crippen LogP contribution in [0.4, 0.5) is 5.69 Å². The number of nitrogens with one attached hydrogen (secondary N) is 2. The van der Waals surface area contributed by atoms with Gasteiger partial charge in [0.05, 0.1) is 13.7 Å². The molecule has 0 spiro atoms. The highest BCUT2D eigenvalue weighted by molar-refractivity contribution is 14.0. The number of rotatable bonds is 4. The normalized spacial score (nSPS) is 18.4. The minimum absolute atomic E-state index is 0. The van der Waals surface area contributed by atoms with Gasteiger partial charge in [0.15, 0.2) is 5.96 Å². The molecular weight excluding hydrogens is 383 g/mol. The highest BCUT2D eigenvalue weighted by Crippen LogP contribution is 2.14. The molecule has 1 aromatic rings. The van der Waals surface area contributed by atoms with Gasteiger partial charge in [0, 0.05) is 18.2 Å². The zero-order valence-electron chi connectivity index (χ0n) is 12.0. The first-order valence-corrected chi connectivity index (χ1v) is 6.68. The van der Waals surface area contributed by atoms with Crippen LogP contribution in [0.25, 0.3) is 0 Å². The van der Waals surface area contributed by atoms with Crippen molar-refractivity contribution in [3.05, 3.63) is 24.3 Å². The fraction of sp³-hybridized carbons (Fsp3) is 0.429. The summed E-state index contributed by atoms with van der Waals surface area (Å²) >= 11 is 0. The molecule has 1 fully saturated rings. The van der Waals surface area contributed by atoms with Crippen molar-refractivity contribution in [3.63, 3.8) is 0 Å². The summed E-state index contributed by atoms with van der Waals surface area (Å²) in [5.41, 5.74) is 6.67. The lowest BCUT2D eigenvalue weighted by Crippen LogP contribution is -2.41. The Balaban J connectivity index is 0.00000220. The number of ether oxygens (including phenoxy) is 1. The molecular formula is C14H21IN4O2. The summed E-state index contributed by atoms with van der Waals surface area (Å²) in [5, 5.41) is 5.91. The van der Waals surface area contributed by atoms with Crippen LogP contribution in [0.5, 0.6) is 5.75 Å². The summed E-state index contributed by atoms with van der Waals surface area (Å²) in [5.74, 6) is 1.23. The maximum Gasteiger partial charge on any atom is 0.220 e. The van der Waals surface area contributed by atoms with E-state index in [9.17, 15) is 4.79 Å². The summed E-state index contributed by atoms with van der Waals surface area (Å²) in [7, 11) is 1.62. The van der Waals surface area contributed by atoms with Crippen molar-refractivity contribution in [2.45, 2.75) is 25.3 Å². The second kappa shape index (κ2) is 8.71. The van der Waals surface area contributed by atoms with Crippen LogP contribution in [0, 0.1) is 0 Å². The predicted octanol–water partition coefficient (Wildman–Crippen LogP) is 1.71. The predicted molar refractivity (Wildman–Crippen MR) is 94.3 cm³/mol. The number of methoxy groups -OCH3 is 1. The van der Waals surface area contributed by atoms with E-state index in [1.54, 1.807) is 7.11 Å². The monoisotopic (exact) mass is 404 g/mol. The molecule has 1 atom stereocenters. The van der Waals surface area contributed by atoms with Crippen molar-refractivity contribution in [2.75, 3.05) is 19.0 Å². The van der Waals surface area contributed by atoms with Crippen LogP contribution in [-0.4, -0.2) is 31.6 Å². The van der Waals surface area contributed by atoms with Crippen molar-refractivity contribution >= 4 is 41.5 Å². The first kappa shape index (κ1) is 17.5. The van der Waals surface area contributed by atoms with Gasteiger partial charge in [-0.1, -0.05) is 0 Å². The van der Waals surface area contributed by atoms with Gasteiger partial charge in [-0.3, -0.25) is 9.79 Å². The van der Waals surface area contributed by atoms with Gasteiger partial charge in [0.2, 0.25) is 5.91 Å². The number of carbonyl (C=O) groups excluding carboxylic acids is 1. The van der Waals surface area contributed by atoms with E-state index < -0.39 is 0 Å². The Morgan fingerprint density at radius 1 is 1.48 bits per heavy atom. The summed E-state index contributed by atoms with van der Waals surface area (Å²) in [6, 6.07) is 7.51. The molecule has 1 aliphatic rings. The van der Waals surface area contributed by atoms with Crippen molar-refractivity contribution in [1.29, 1.82) is 0 Å². The number of hydrogen-bond acceptors (Lipinski definition) is 3. The van der Waals surface area contributed by atoms with Gasteiger partial charge >= 0.3 is 0 Å². The third-order valence-electron chi connectivity index (χ3n) is 3.17. The van der Waals surface area contributed by atoms with Crippen molar-refractivity contribution in [3.8, 4) is 5.75 Å². The summed E-state index contributed by atoms with van der Waals surface area (Å²) in [4.78, 5) is 15.5. The number of amides is 1. The quantitative estimate of drug-likeness (QED) is 0.405. The van der Waals surface area contributed by atoms with E-state index in [0.29, 0.717) is 18.9 Å². The van der Waals surface area contributed by atoms with Crippen LogP contribution in [0.3, 0.4) is 0 Å². The Hall–Kier alpha value is -1.51. The van der Waals surface area contributed by atoms with Crippen LogP contribution < -0.4 is 21.1 Å². The SMILES string of the molecule is COc1ccc(NC(N)=NCC2CCCC(=O)N2)cc1.I. The zero-order valence-corrected chi connectivity index (χ0v) is 14.3. The lowest BCUT2D eigenvalue weighted by molar-refractivity contribution is -0.123. The number of guanidine groups is 1. The number of carbonyl (C=O) groups is 1. The molecule has 1 amide bonds. The first-order valence-electron chi connectivity index (χ1n) is 6.68. The summed E-state index contributed by atoms with van der Waals surface area (Å²) < 4.78 is 5.08. The third-order valence-corrected chi connectivity index (χ3v) is 3.17. The number of piperidine rings is 1. The Labute approximate surface area is 141 Å². The average molecular weight is 404 g/mol. The number of aliphatic imine (C=N–C) groups is 1. The Bertz CT molecular complexity index is 490. The Morgan fingerprint density at radius 2 is 2.19 bits per heavy atom. The van der Waals surface area contributed by atoms with Gasteiger partial charge in [0.25, 0.3) is 0 Å². The second-order valence-corrected chi connectivity index (χ2v) is 4.74. The molecule has 0 bridgehead atoms. The summed E-state index contributed by atoms with van der Waals surface area (Å²) in [6.07, 6.45) is 2.47.